The van der Waals surface area contributed by atoms with Gasteiger partial charge < -0.3 is 9.26 Å². The van der Waals surface area contributed by atoms with Crippen LogP contribution in [0.25, 0.3) is 11.4 Å². The Morgan fingerprint density at radius 3 is 2.67 bits per heavy atom. The zero-order valence-electron chi connectivity index (χ0n) is 12.8. The molecule has 5 nitrogen and oxygen atoms in total. The second-order valence-corrected chi connectivity index (χ2v) is 5.22. The van der Waals surface area contributed by atoms with Crippen molar-refractivity contribution in [2.75, 3.05) is 6.61 Å². The van der Waals surface area contributed by atoms with Crippen molar-refractivity contribution in [3.05, 3.63) is 30.2 Å². The molecule has 5 heteroatoms. The van der Waals surface area contributed by atoms with E-state index < -0.39 is 0 Å². The number of ether oxygens (including phenoxy) is 1. The van der Waals surface area contributed by atoms with Gasteiger partial charge in [0.05, 0.1) is 18.1 Å². The summed E-state index contributed by atoms with van der Waals surface area (Å²) in [6, 6.07) is 7.51. The molecular weight excluding hydrogens is 268 g/mol. The van der Waals surface area contributed by atoms with Gasteiger partial charge in [-0.05, 0) is 31.9 Å². The molecule has 0 spiro atoms. The maximum absolute atomic E-state index is 11.7. The van der Waals surface area contributed by atoms with Gasteiger partial charge in [-0.2, -0.15) is 4.98 Å². The van der Waals surface area contributed by atoms with E-state index in [1.165, 1.54) is 0 Å². The Hall–Kier alpha value is -2.17. The van der Waals surface area contributed by atoms with Gasteiger partial charge in [0.15, 0.2) is 0 Å². The minimum Gasteiger partial charge on any atom is -0.493 e. The first kappa shape index (κ1) is 15.2. The second-order valence-electron chi connectivity index (χ2n) is 5.22. The lowest BCUT2D eigenvalue weighted by Gasteiger charge is -2.12. The fourth-order valence-corrected chi connectivity index (χ4v) is 2.33. The Labute approximate surface area is 124 Å². The number of rotatable bonds is 6. The summed E-state index contributed by atoms with van der Waals surface area (Å²) < 4.78 is 10.9. The van der Waals surface area contributed by atoms with Crippen molar-refractivity contribution >= 4 is 5.78 Å². The molecule has 1 aromatic carbocycles. The Balaban J connectivity index is 2.38. The molecule has 0 aliphatic carbocycles. The second kappa shape index (κ2) is 6.52. The highest BCUT2D eigenvalue weighted by atomic mass is 16.5. The molecule has 0 aliphatic heterocycles. The highest BCUT2D eigenvalue weighted by Gasteiger charge is 2.27. The van der Waals surface area contributed by atoms with Crippen LogP contribution >= 0.6 is 0 Å². The van der Waals surface area contributed by atoms with Gasteiger partial charge in [0.2, 0.25) is 11.7 Å². The van der Waals surface area contributed by atoms with Gasteiger partial charge in [-0.25, -0.2) is 0 Å². The Kier molecular flexibility index (Phi) is 4.73. The molecule has 0 aliphatic rings. The van der Waals surface area contributed by atoms with Gasteiger partial charge in [0, 0.05) is 0 Å². The van der Waals surface area contributed by atoms with Crippen LogP contribution in [0.2, 0.25) is 0 Å². The number of benzene rings is 1. The average Bonchev–Trinajstić information content (AvgIpc) is 2.88. The molecule has 1 heterocycles. The van der Waals surface area contributed by atoms with Crippen LogP contribution < -0.4 is 4.74 Å². The van der Waals surface area contributed by atoms with Crippen molar-refractivity contribution in [3.8, 4) is 17.1 Å². The number of para-hydroxylation sites is 1. The Morgan fingerprint density at radius 1 is 1.33 bits per heavy atom. The zero-order valence-corrected chi connectivity index (χ0v) is 12.8. The van der Waals surface area contributed by atoms with Gasteiger partial charge in [-0.1, -0.05) is 31.1 Å². The van der Waals surface area contributed by atoms with Crippen molar-refractivity contribution in [2.45, 2.75) is 33.6 Å². The minimum atomic E-state index is -0.370. The molecule has 21 heavy (non-hydrogen) atoms. The molecular formula is C16H20N2O3. The summed E-state index contributed by atoms with van der Waals surface area (Å²) in [6.07, 6.45) is 0. The number of Topliss-reactive ketones (excluding diaryl/α,β-unsaturated/α-hetero) is 1. The number of ketones is 1. The van der Waals surface area contributed by atoms with E-state index in [1.54, 1.807) is 6.92 Å². The largest absolute Gasteiger partial charge is 0.493 e. The van der Waals surface area contributed by atoms with E-state index in [1.807, 2.05) is 45.0 Å². The summed E-state index contributed by atoms with van der Waals surface area (Å²) in [5.74, 6) is 1.28. The predicted octanol–water partition coefficient (Wildman–Crippen LogP) is 3.46. The maximum atomic E-state index is 11.7. The fraction of sp³-hybridized carbons (Fsp3) is 0.438. The van der Waals surface area contributed by atoms with E-state index in [4.69, 9.17) is 9.26 Å². The molecule has 2 rings (SSSR count). The summed E-state index contributed by atoms with van der Waals surface area (Å²) in [4.78, 5) is 16.1. The van der Waals surface area contributed by atoms with Crippen LogP contribution in [0.1, 0.15) is 39.5 Å². The molecule has 0 saturated carbocycles. The van der Waals surface area contributed by atoms with E-state index in [-0.39, 0.29) is 17.6 Å². The molecule has 0 N–H and O–H groups in total. The van der Waals surface area contributed by atoms with Crippen LogP contribution in [0.5, 0.6) is 5.75 Å². The first-order valence-electron chi connectivity index (χ1n) is 7.10. The molecule has 1 unspecified atom stereocenters. The molecule has 1 aromatic heterocycles. The number of carbonyl (C=O) groups excluding carboxylic acids is 1. The zero-order chi connectivity index (χ0) is 15.4. The van der Waals surface area contributed by atoms with Crippen LogP contribution in [0.4, 0.5) is 0 Å². The summed E-state index contributed by atoms with van der Waals surface area (Å²) in [5, 5.41) is 4.00. The van der Waals surface area contributed by atoms with Crippen LogP contribution in [0.3, 0.4) is 0 Å². The number of hydrogen-bond acceptors (Lipinski definition) is 5. The number of hydrogen-bond donors (Lipinski definition) is 0. The van der Waals surface area contributed by atoms with Crippen molar-refractivity contribution < 1.29 is 14.1 Å². The normalized spacial score (nSPS) is 12.4. The molecule has 1 atom stereocenters. The van der Waals surface area contributed by atoms with Gasteiger partial charge in [0.1, 0.15) is 11.5 Å². The standard InChI is InChI=1S/C16H20N2O3/c1-5-20-13-9-7-6-8-12(13)15-17-16(21-18-15)14(10(2)3)11(4)19/h6-10,14H,5H2,1-4H3. The lowest BCUT2D eigenvalue weighted by molar-refractivity contribution is -0.119. The van der Waals surface area contributed by atoms with Crippen molar-refractivity contribution in [1.29, 1.82) is 0 Å². The average molecular weight is 288 g/mol. The lowest BCUT2D eigenvalue weighted by atomic mass is 9.92. The lowest BCUT2D eigenvalue weighted by Crippen LogP contribution is -2.15. The molecule has 0 amide bonds. The monoisotopic (exact) mass is 288 g/mol. The molecule has 112 valence electrons. The quantitative estimate of drug-likeness (QED) is 0.814. The summed E-state index contributed by atoms with van der Waals surface area (Å²) >= 11 is 0. The van der Waals surface area contributed by atoms with Crippen molar-refractivity contribution in [3.63, 3.8) is 0 Å². The smallest absolute Gasteiger partial charge is 0.237 e. The molecule has 0 fully saturated rings. The first-order valence-corrected chi connectivity index (χ1v) is 7.10. The van der Waals surface area contributed by atoms with Gasteiger partial charge in [-0.15, -0.1) is 0 Å². The van der Waals surface area contributed by atoms with Gasteiger partial charge in [0.25, 0.3) is 0 Å². The highest BCUT2D eigenvalue weighted by Crippen LogP contribution is 2.30. The molecule has 2 aromatic rings. The van der Waals surface area contributed by atoms with Crippen LogP contribution in [0.15, 0.2) is 28.8 Å². The topological polar surface area (TPSA) is 65.2 Å². The highest BCUT2D eigenvalue weighted by molar-refractivity contribution is 5.82. The van der Waals surface area contributed by atoms with Crippen LogP contribution in [-0.4, -0.2) is 22.5 Å². The molecule has 0 bridgehead atoms. The summed E-state index contributed by atoms with van der Waals surface area (Å²) in [6.45, 7) is 7.95. The van der Waals surface area contributed by atoms with Gasteiger partial charge >= 0.3 is 0 Å². The van der Waals surface area contributed by atoms with Crippen LogP contribution in [-0.2, 0) is 4.79 Å². The Bertz CT molecular complexity index is 619. The third-order valence-electron chi connectivity index (χ3n) is 3.24. The number of carbonyl (C=O) groups is 1. The summed E-state index contributed by atoms with van der Waals surface area (Å²) in [5.41, 5.74) is 0.764. The van der Waals surface area contributed by atoms with Gasteiger partial charge in [-0.3, -0.25) is 4.79 Å². The summed E-state index contributed by atoms with van der Waals surface area (Å²) in [7, 11) is 0. The SMILES string of the molecule is CCOc1ccccc1-c1noc(C(C(C)=O)C(C)C)n1. The van der Waals surface area contributed by atoms with E-state index in [2.05, 4.69) is 10.1 Å². The van der Waals surface area contributed by atoms with E-state index in [9.17, 15) is 4.79 Å². The van der Waals surface area contributed by atoms with E-state index in [0.29, 0.717) is 24.1 Å². The van der Waals surface area contributed by atoms with Crippen molar-refractivity contribution in [2.24, 2.45) is 5.92 Å². The molecule has 0 saturated heterocycles. The maximum Gasteiger partial charge on any atom is 0.237 e. The Morgan fingerprint density at radius 2 is 2.05 bits per heavy atom. The fourth-order valence-electron chi connectivity index (χ4n) is 2.33. The predicted molar refractivity (Wildman–Crippen MR) is 79.2 cm³/mol. The van der Waals surface area contributed by atoms with E-state index >= 15 is 0 Å². The number of aromatic nitrogens is 2. The van der Waals surface area contributed by atoms with Crippen molar-refractivity contribution in [1.82, 2.24) is 10.1 Å². The minimum absolute atomic E-state index is 0.0262. The molecule has 0 radical (unpaired) electrons. The first-order chi connectivity index (χ1) is 10.0. The third-order valence-corrected chi connectivity index (χ3v) is 3.24. The van der Waals surface area contributed by atoms with E-state index in [0.717, 1.165) is 5.56 Å². The number of nitrogens with zero attached hydrogens (tertiary/aromatic N) is 2. The third kappa shape index (κ3) is 3.29. The van der Waals surface area contributed by atoms with Crippen LogP contribution in [0, 0.1) is 5.92 Å².